The summed E-state index contributed by atoms with van der Waals surface area (Å²) >= 11 is 3.47. The SMILES string of the molecule is CN1C(=O)C2(CC(c3ccccc3)Oc3ccc(-c4ccc(CO)cc4)cc32)N=C1N.CN1C(=O)C2(CC(c3ccccc3)Oc3ccc(Br)cc32)N=C1N.OCc1ccc(B(O)O)cc1. The Balaban J connectivity index is 0.000000149. The van der Waals surface area contributed by atoms with Crippen molar-refractivity contribution in [3.05, 3.63) is 183 Å². The van der Waals surface area contributed by atoms with Gasteiger partial charge in [-0.15, -0.1) is 0 Å². The van der Waals surface area contributed by atoms with Crippen molar-refractivity contribution < 1.29 is 39.3 Å². The first-order valence-corrected chi connectivity index (χ1v) is 22.0. The second-order valence-corrected chi connectivity index (χ2v) is 17.2. The van der Waals surface area contributed by atoms with Gasteiger partial charge in [0.2, 0.25) is 0 Å². The van der Waals surface area contributed by atoms with Gasteiger partial charge in [0.1, 0.15) is 23.7 Å². The van der Waals surface area contributed by atoms with Crippen LogP contribution in [-0.2, 0) is 33.9 Å². The van der Waals surface area contributed by atoms with Crippen LogP contribution >= 0.6 is 15.9 Å². The standard InChI is InChI=1S/C25H23N3O3.C18H16BrN3O2.C7H9BO3/c1-28-23(30)25(27-24(28)26)14-22(18-5-3-2-4-6-18)31-21-12-11-19(13-20(21)25)17-9-7-16(15-29)8-10-17;1-22-16(23)18(21-17(22)20)10-15(11-5-3-2-4-6-11)24-14-8-7-12(19)9-13(14)18;9-5-6-1-3-7(4-2-6)8(10)11/h2-13,22,29H,14-15H2,1H3,(H2,26,27);2-9,15H,10H2,1H3,(H2,20,21);1-4,9-11H,5H2. The van der Waals surface area contributed by atoms with E-state index in [2.05, 4.69) is 25.9 Å². The number of benzene rings is 6. The van der Waals surface area contributed by atoms with Crippen LogP contribution in [0.5, 0.6) is 11.5 Å². The second kappa shape index (κ2) is 19.0. The van der Waals surface area contributed by atoms with Crippen molar-refractivity contribution in [2.75, 3.05) is 14.1 Å². The second-order valence-electron chi connectivity index (χ2n) is 16.3. The molecule has 66 heavy (non-hydrogen) atoms. The molecule has 4 heterocycles. The number of rotatable bonds is 6. The quantitative estimate of drug-likeness (QED) is 0.121. The number of ether oxygens (including phenoxy) is 2. The fraction of sp³-hybridized carbons (Fsp3) is 0.200. The van der Waals surface area contributed by atoms with Crippen LogP contribution in [0.1, 0.15) is 58.4 Å². The van der Waals surface area contributed by atoms with Crippen molar-refractivity contribution in [2.45, 2.75) is 49.3 Å². The molecule has 336 valence electrons. The topological polar surface area (TPSA) is 217 Å². The van der Waals surface area contributed by atoms with Gasteiger partial charge in [-0.1, -0.05) is 131 Å². The molecule has 4 aliphatic rings. The summed E-state index contributed by atoms with van der Waals surface area (Å²) in [6.07, 6.45) is 0.229. The summed E-state index contributed by atoms with van der Waals surface area (Å²) in [6.45, 7) is -0.0288. The molecule has 0 saturated heterocycles. The highest BCUT2D eigenvalue weighted by atomic mass is 79.9. The largest absolute Gasteiger partial charge is 0.488 e. The number of hydrogen-bond acceptors (Lipinski definition) is 12. The lowest BCUT2D eigenvalue weighted by molar-refractivity contribution is -0.133. The Kier molecular flexibility index (Phi) is 13.1. The summed E-state index contributed by atoms with van der Waals surface area (Å²) in [5, 5.41) is 35.3. The zero-order valence-electron chi connectivity index (χ0n) is 36.2. The van der Waals surface area contributed by atoms with Gasteiger partial charge in [-0.3, -0.25) is 19.4 Å². The summed E-state index contributed by atoms with van der Waals surface area (Å²) in [6, 6.07) is 45.4. The molecular weight excluding hydrogens is 903 g/mol. The lowest BCUT2D eigenvalue weighted by atomic mass is 9.79. The highest BCUT2D eigenvalue weighted by molar-refractivity contribution is 9.10. The smallest absolute Gasteiger partial charge is 0.485 e. The van der Waals surface area contributed by atoms with Crippen molar-refractivity contribution in [3.63, 3.8) is 0 Å². The van der Waals surface area contributed by atoms with E-state index >= 15 is 0 Å². The Labute approximate surface area is 390 Å². The summed E-state index contributed by atoms with van der Waals surface area (Å²) in [4.78, 5) is 38.5. The lowest BCUT2D eigenvalue weighted by Crippen LogP contribution is -2.43. The van der Waals surface area contributed by atoms with E-state index in [0.29, 0.717) is 29.8 Å². The van der Waals surface area contributed by atoms with Crippen molar-refractivity contribution in [3.8, 4) is 22.6 Å². The minimum absolute atomic E-state index is 0.00286. The van der Waals surface area contributed by atoms with Crippen LogP contribution in [-0.4, -0.2) is 75.0 Å². The number of nitrogens with zero attached hydrogens (tertiary/aromatic N) is 4. The number of likely N-dealkylation sites (N-methyl/N-ethyl adjacent to an activating group) is 2. The average molecular weight is 952 g/mol. The van der Waals surface area contributed by atoms with E-state index in [0.717, 1.165) is 49.0 Å². The number of halogens is 1. The van der Waals surface area contributed by atoms with Crippen LogP contribution in [0.3, 0.4) is 0 Å². The first kappa shape index (κ1) is 45.7. The number of guanidine groups is 2. The molecule has 16 heteroatoms. The third-order valence-corrected chi connectivity index (χ3v) is 12.7. The van der Waals surface area contributed by atoms with E-state index in [4.69, 9.17) is 36.1 Å². The molecule has 4 unspecified atom stereocenters. The number of aliphatic hydroxyl groups excluding tert-OH is 2. The minimum atomic E-state index is -1.43. The number of carbonyl (C=O) groups excluding carboxylic acids is 2. The third kappa shape index (κ3) is 8.80. The predicted octanol–water partition coefficient (Wildman–Crippen LogP) is 5.17. The van der Waals surface area contributed by atoms with Crippen LogP contribution in [0.25, 0.3) is 11.1 Å². The molecule has 0 aromatic heterocycles. The number of aliphatic hydroxyl groups is 2. The summed E-state index contributed by atoms with van der Waals surface area (Å²) in [5.41, 5.74) is 17.3. The van der Waals surface area contributed by atoms with Crippen LogP contribution in [0.2, 0.25) is 0 Å². The normalized spacial score (nSPS) is 21.3. The zero-order chi connectivity index (χ0) is 46.8. The van der Waals surface area contributed by atoms with Crippen molar-refractivity contribution in [2.24, 2.45) is 21.5 Å². The monoisotopic (exact) mass is 950 g/mol. The van der Waals surface area contributed by atoms with Gasteiger partial charge in [0.05, 0.1) is 13.2 Å². The minimum Gasteiger partial charge on any atom is -0.485 e. The van der Waals surface area contributed by atoms with E-state index in [9.17, 15) is 14.7 Å². The molecule has 4 aliphatic heterocycles. The highest BCUT2D eigenvalue weighted by Crippen LogP contribution is 2.52. The van der Waals surface area contributed by atoms with Gasteiger partial charge in [-0.25, -0.2) is 9.98 Å². The van der Waals surface area contributed by atoms with Gasteiger partial charge in [0.15, 0.2) is 23.0 Å². The Morgan fingerprint density at radius 2 is 1.05 bits per heavy atom. The van der Waals surface area contributed by atoms with Crippen LogP contribution in [0, 0.1) is 0 Å². The Hall–Kier alpha value is -6.82. The average Bonchev–Trinajstić information content (AvgIpc) is 3.70. The molecule has 6 aromatic carbocycles. The molecule has 6 aromatic rings. The molecule has 0 bridgehead atoms. The number of aliphatic imine (C=N–C) groups is 2. The zero-order valence-corrected chi connectivity index (χ0v) is 37.7. The summed E-state index contributed by atoms with van der Waals surface area (Å²) in [5.74, 6) is 1.48. The maximum atomic E-state index is 13.4. The van der Waals surface area contributed by atoms with Gasteiger partial charge < -0.3 is 41.2 Å². The fourth-order valence-electron chi connectivity index (χ4n) is 8.53. The van der Waals surface area contributed by atoms with E-state index in [1.165, 1.54) is 9.80 Å². The molecule has 0 saturated carbocycles. The van der Waals surface area contributed by atoms with Crippen LogP contribution in [0.15, 0.2) is 160 Å². The highest BCUT2D eigenvalue weighted by Gasteiger charge is 2.55. The van der Waals surface area contributed by atoms with Crippen molar-refractivity contribution >= 4 is 52.2 Å². The molecular formula is C50H48BBrN6O8. The molecule has 4 atom stereocenters. The van der Waals surface area contributed by atoms with Gasteiger partial charge >= 0.3 is 7.12 Å². The summed E-state index contributed by atoms with van der Waals surface area (Å²) < 4.78 is 13.4. The molecule has 2 spiro atoms. The summed E-state index contributed by atoms with van der Waals surface area (Å²) in [7, 11) is 1.88. The molecule has 10 rings (SSSR count). The van der Waals surface area contributed by atoms with Crippen molar-refractivity contribution in [1.29, 1.82) is 0 Å². The molecule has 2 amide bonds. The molecule has 0 aliphatic carbocycles. The lowest BCUT2D eigenvalue weighted by Gasteiger charge is -2.37. The molecule has 0 radical (unpaired) electrons. The maximum absolute atomic E-state index is 13.4. The predicted molar refractivity (Wildman–Crippen MR) is 255 cm³/mol. The first-order valence-electron chi connectivity index (χ1n) is 21.2. The van der Waals surface area contributed by atoms with Gasteiger partial charge in [0, 0.05) is 42.5 Å². The molecule has 0 fully saturated rings. The Morgan fingerprint density at radius 3 is 1.47 bits per heavy atom. The number of hydrogen-bond donors (Lipinski definition) is 6. The van der Waals surface area contributed by atoms with Gasteiger partial charge in [0.25, 0.3) is 11.8 Å². The van der Waals surface area contributed by atoms with Gasteiger partial charge in [-0.2, -0.15) is 0 Å². The van der Waals surface area contributed by atoms with Crippen molar-refractivity contribution in [1.82, 2.24) is 9.80 Å². The van der Waals surface area contributed by atoms with E-state index in [1.54, 1.807) is 38.4 Å². The number of amides is 2. The number of nitrogens with two attached hydrogens (primary N) is 2. The van der Waals surface area contributed by atoms with Gasteiger partial charge in [-0.05, 0) is 69.2 Å². The van der Waals surface area contributed by atoms with Crippen LogP contribution < -0.4 is 26.4 Å². The maximum Gasteiger partial charge on any atom is 0.488 e. The Bertz CT molecular complexity index is 2800. The third-order valence-electron chi connectivity index (χ3n) is 12.2. The first-order chi connectivity index (χ1) is 31.8. The van der Waals surface area contributed by atoms with E-state index < -0.39 is 18.2 Å². The van der Waals surface area contributed by atoms with E-state index in [1.807, 2.05) is 121 Å². The fourth-order valence-corrected chi connectivity index (χ4v) is 8.89. The number of fused-ring (bicyclic) bond motifs is 4. The molecule has 8 N–H and O–H groups in total. The number of carbonyl (C=O) groups is 2. The molecule has 14 nitrogen and oxygen atoms in total. The van der Waals surface area contributed by atoms with E-state index in [-0.39, 0.29) is 49.2 Å². The van der Waals surface area contributed by atoms with Crippen LogP contribution in [0.4, 0.5) is 0 Å². The Morgan fingerprint density at radius 1 is 0.621 bits per heavy atom.